The number of benzene rings is 3. The number of rotatable bonds is 10. The third kappa shape index (κ3) is 6.26. The molecule has 2 heterocycles. The highest BCUT2D eigenvalue weighted by Gasteiger charge is 2.33. The minimum atomic E-state index is -3.91. The summed E-state index contributed by atoms with van der Waals surface area (Å²) < 4.78 is 47.1. The summed E-state index contributed by atoms with van der Waals surface area (Å²) in [7, 11) is -3.91. The molecule has 4 aromatic rings. The van der Waals surface area contributed by atoms with E-state index in [4.69, 9.17) is 4.42 Å². The molecule has 1 aliphatic carbocycles. The van der Waals surface area contributed by atoms with E-state index in [1.807, 2.05) is 36.1 Å². The van der Waals surface area contributed by atoms with Crippen LogP contribution in [0.5, 0.6) is 0 Å². The fourth-order valence-corrected chi connectivity index (χ4v) is 7.11. The number of amides is 1. The number of halogens is 1. The molecule has 45 heavy (non-hydrogen) atoms. The molecule has 0 N–H and O–H groups in total. The number of piperazine rings is 1. The second-order valence-corrected chi connectivity index (χ2v) is 13.9. The number of furan rings is 1. The average Bonchev–Trinajstić information content (AvgIpc) is 3.83. The largest absolute Gasteiger partial charge is 0.455 e. The Kier molecular flexibility index (Phi) is 8.54. The lowest BCUT2D eigenvalue weighted by molar-refractivity contribution is 0.0627. The molecule has 236 valence electrons. The monoisotopic (exact) mass is 631 g/mol. The summed E-state index contributed by atoms with van der Waals surface area (Å²) in [6, 6.07) is 18.7. The van der Waals surface area contributed by atoms with Gasteiger partial charge in [0.2, 0.25) is 10.0 Å². The lowest BCUT2D eigenvalue weighted by Gasteiger charge is -2.35. The number of hydrogen-bond donors (Lipinski definition) is 0. The number of nitrogens with zero attached hydrogens (tertiary/aromatic N) is 3. The smallest absolute Gasteiger partial charge is 0.253 e. The Balaban J connectivity index is 1.49. The van der Waals surface area contributed by atoms with Crippen LogP contribution in [-0.4, -0.2) is 81.6 Å². The second-order valence-electron chi connectivity index (χ2n) is 12.0. The Morgan fingerprint density at radius 1 is 0.978 bits per heavy atom. The van der Waals surface area contributed by atoms with Crippen LogP contribution in [0.2, 0.25) is 0 Å². The molecule has 1 saturated heterocycles. The minimum Gasteiger partial charge on any atom is -0.455 e. The molecule has 2 fully saturated rings. The van der Waals surface area contributed by atoms with Crippen LogP contribution < -0.4 is 4.31 Å². The summed E-state index contributed by atoms with van der Waals surface area (Å²) in [5.41, 5.74) is 4.21. The van der Waals surface area contributed by atoms with Crippen molar-refractivity contribution in [2.75, 3.05) is 50.0 Å². The Labute approximate surface area is 263 Å². The zero-order chi connectivity index (χ0) is 31.9. The van der Waals surface area contributed by atoms with Crippen molar-refractivity contribution in [3.8, 4) is 22.5 Å². The molecule has 0 unspecified atom stereocenters. The number of aryl methyl sites for hydroxylation is 1. The van der Waals surface area contributed by atoms with Crippen LogP contribution in [0.15, 0.2) is 65.1 Å². The molecule has 2 aliphatic rings. The first-order valence-electron chi connectivity index (χ1n) is 15.5. The number of carbonyl (C=O) groups is 2. The Morgan fingerprint density at radius 3 is 2.31 bits per heavy atom. The van der Waals surface area contributed by atoms with Gasteiger partial charge < -0.3 is 9.32 Å². The summed E-state index contributed by atoms with van der Waals surface area (Å²) in [6.45, 7) is 5.44. The molecule has 0 radical (unpaired) electrons. The lowest BCUT2D eigenvalue weighted by Crippen LogP contribution is -2.49. The highest BCUT2D eigenvalue weighted by atomic mass is 32.2. The molecule has 10 heteroatoms. The third-order valence-electron chi connectivity index (χ3n) is 8.76. The Hall–Kier alpha value is -4.02. The van der Waals surface area contributed by atoms with E-state index in [9.17, 15) is 22.4 Å². The van der Waals surface area contributed by atoms with Crippen molar-refractivity contribution in [3.05, 3.63) is 77.4 Å². The molecule has 0 spiro atoms. The van der Waals surface area contributed by atoms with Gasteiger partial charge in [-0.3, -0.25) is 18.8 Å². The molecular weight excluding hydrogens is 593 g/mol. The number of fused-ring (bicyclic) bond motifs is 1. The van der Waals surface area contributed by atoms with Gasteiger partial charge in [0.1, 0.15) is 18.0 Å². The van der Waals surface area contributed by atoms with Gasteiger partial charge in [-0.1, -0.05) is 48.9 Å². The van der Waals surface area contributed by atoms with Crippen molar-refractivity contribution in [1.29, 1.82) is 0 Å². The average molecular weight is 632 g/mol. The molecule has 1 amide bonds. The number of sulfonamides is 1. The topological polar surface area (TPSA) is 91.1 Å². The molecule has 3 aromatic carbocycles. The van der Waals surface area contributed by atoms with Crippen molar-refractivity contribution < 1.29 is 26.8 Å². The van der Waals surface area contributed by atoms with Gasteiger partial charge in [-0.15, -0.1) is 0 Å². The third-order valence-corrected chi connectivity index (χ3v) is 9.94. The number of anilines is 1. The maximum atomic E-state index is 13.8. The second kappa shape index (κ2) is 12.4. The van der Waals surface area contributed by atoms with Gasteiger partial charge in [-0.25, -0.2) is 12.8 Å². The number of ketones is 1. The first kappa shape index (κ1) is 31.0. The van der Waals surface area contributed by atoms with E-state index in [0.717, 1.165) is 34.8 Å². The summed E-state index contributed by atoms with van der Waals surface area (Å²) in [5, 5.41) is 0.526. The van der Waals surface area contributed by atoms with Gasteiger partial charge in [0.05, 0.1) is 24.1 Å². The van der Waals surface area contributed by atoms with Crippen LogP contribution in [0.1, 0.15) is 52.5 Å². The Morgan fingerprint density at radius 2 is 1.69 bits per heavy atom. The van der Waals surface area contributed by atoms with Gasteiger partial charge in [0, 0.05) is 66.8 Å². The van der Waals surface area contributed by atoms with E-state index >= 15 is 0 Å². The molecule has 8 nitrogen and oxygen atoms in total. The zero-order valence-corrected chi connectivity index (χ0v) is 26.7. The SMILES string of the molecule is CCC(=O)c1c(-c2ccc(C)cc2)oc2cc(N(CCF)S(C)(=O)=O)c(-c3cccc(C(=O)N4CCN(C5CC5)CC4)c3)cc12. The molecular formula is C35H38FN3O5S. The lowest BCUT2D eigenvalue weighted by atomic mass is 9.95. The van der Waals surface area contributed by atoms with Crippen LogP contribution >= 0.6 is 0 Å². The van der Waals surface area contributed by atoms with Crippen LogP contribution in [-0.2, 0) is 10.0 Å². The fraction of sp³-hybridized carbons (Fsp3) is 0.371. The predicted octanol–water partition coefficient (Wildman–Crippen LogP) is 6.32. The van der Waals surface area contributed by atoms with Crippen LogP contribution in [0, 0.1) is 6.92 Å². The van der Waals surface area contributed by atoms with Crippen molar-refractivity contribution in [1.82, 2.24) is 9.80 Å². The van der Waals surface area contributed by atoms with Gasteiger partial charge in [0.25, 0.3) is 5.91 Å². The molecule has 0 bridgehead atoms. The Bertz CT molecular complexity index is 1860. The molecule has 1 aliphatic heterocycles. The molecule has 1 aromatic heterocycles. The van der Waals surface area contributed by atoms with Crippen LogP contribution in [0.3, 0.4) is 0 Å². The maximum absolute atomic E-state index is 13.8. The number of Topliss-reactive ketones (excluding diaryl/α,β-unsaturated/α-hetero) is 1. The van der Waals surface area contributed by atoms with Gasteiger partial charge in [-0.05, 0) is 43.5 Å². The van der Waals surface area contributed by atoms with E-state index in [0.29, 0.717) is 58.1 Å². The van der Waals surface area contributed by atoms with Gasteiger partial charge >= 0.3 is 0 Å². The summed E-state index contributed by atoms with van der Waals surface area (Å²) in [5.74, 6) is 0.178. The van der Waals surface area contributed by atoms with Crippen molar-refractivity contribution >= 4 is 38.4 Å². The highest BCUT2D eigenvalue weighted by molar-refractivity contribution is 7.92. The first-order valence-corrected chi connectivity index (χ1v) is 17.3. The van der Waals surface area contributed by atoms with E-state index in [2.05, 4.69) is 4.90 Å². The first-order chi connectivity index (χ1) is 21.6. The minimum absolute atomic E-state index is 0.0922. The van der Waals surface area contributed by atoms with Gasteiger partial charge in [0.15, 0.2) is 5.78 Å². The molecule has 6 rings (SSSR count). The van der Waals surface area contributed by atoms with Crippen LogP contribution in [0.25, 0.3) is 33.4 Å². The number of carbonyl (C=O) groups excluding carboxylic acids is 2. The predicted molar refractivity (Wildman–Crippen MR) is 175 cm³/mol. The fourth-order valence-electron chi connectivity index (χ4n) is 6.21. The van der Waals surface area contributed by atoms with Crippen LogP contribution in [0.4, 0.5) is 10.1 Å². The molecule has 0 atom stereocenters. The number of alkyl halides is 1. The van der Waals surface area contributed by atoms with Crippen molar-refractivity contribution in [3.63, 3.8) is 0 Å². The van der Waals surface area contributed by atoms with E-state index in [1.54, 1.807) is 43.3 Å². The number of hydrogen-bond acceptors (Lipinski definition) is 6. The maximum Gasteiger partial charge on any atom is 0.253 e. The van der Waals surface area contributed by atoms with Crippen molar-refractivity contribution in [2.24, 2.45) is 0 Å². The van der Waals surface area contributed by atoms with E-state index < -0.39 is 23.2 Å². The van der Waals surface area contributed by atoms with Crippen molar-refractivity contribution in [2.45, 2.75) is 39.2 Å². The highest BCUT2D eigenvalue weighted by Crippen LogP contribution is 2.42. The normalized spacial score (nSPS) is 15.9. The standard InChI is InChI=1S/C35H38FN3O5S/c1-4-31(40)33-29-21-28(25-6-5-7-26(20-25)35(41)38-18-16-37(17-19-38)27-12-13-27)30(39(15-14-36)45(3,42)43)22-32(29)44-34(33)24-10-8-23(2)9-11-24/h5-11,20-22,27H,4,12-19H2,1-3H3. The van der Waals surface area contributed by atoms with E-state index in [-0.39, 0.29) is 23.8 Å². The molecule has 1 saturated carbocycles. The summed E-state index contributed by atoms with van der Waals surface area (Å²) >= 11 is 0. The quantitative estimate of drug-likeness (QED) is 0.190. The zero-order valence-electron chi connectivity index (χ0n) is 25.9. The summed E-state index contributed by atoms with van der Waals surface area (Å²) in [4.78, 5) is 31.3. The van der Waals surface area contributed by atoms with E-state index in [1.165, 1.54) is 12.8 Å². The van der Waals surface area contributed by atoms with Gasteiger partial charge in [-0.2, -0.15) is 0 Å². The summed E-state index contributed by atoms with van der Waals surface area (Å²) in [6.07, 6.45) is 3.72.